The number of Topliss-reactive ketones (excluding diaryl/α,β-unsaturated/α-hetero) is 1. The summed E-state index contributed by atoms with van der Waals surface area (Å²) in [5, 5.41) is 0. The Morgan fingerprint density at radius 3 is 1.81 bits per heavy atom. The van der Waals surface area contributed by atoms with Crippen molar-refractivity contribution in [2.45, 2.75) is 6.42 Å². The Labute approximate surface area is 217 Å². The molecule has 0 bridgehead atoms. The Kier molecular flexibility index (Phi) is 9.55. The molecule has 3 rings (SSSR count). The van der Waals surface area contributed by atoms with Crippen LogP contribution in [0.2, 0.25) is 0 Å². The summed E-state index contributed by atoms with van der Waals surface area (Å²) in [7, 11) is 9.37. The average Bonchev–Trinajstić information content (AvgIpc) is 2.94. The maximum Gasteiger partial charge on any atom is 0.203 e. The van der Waals surface area contributed by atoms with E-state index in [1.807, 2.05) is 36.4 Å². The minimum absolute atomic E-state index is 0.0768. The van der Waals surface area contributed by atoms with Gasteiger partial charge in [-0.1, -0.05) is 24.3 Å². The topological polar surface area (TPSA) is 84.8 Å². The molecule has 37 heavy (non-hydrogen) atoms. The second kappa shape index (κ2) is 13.0. The van der Waals surface area contributed by atoms with Crippen LogP contribution in [0, 0.1) is 0 Å². The van der Waals surface area contributed by atoms with Gasteiger partial charge in [-0.25, -0.2) is 0 Å². The van der Waals surface area contributed by atoms with Gasteiger partial charge in [-0.3, -0.25) is 9.79 Å². The van der Waals surface area contributed by atoms with Crippen LogP contribution in [0.5, 0.6) is 34.5 Å². The number of carbonyl (C=O) groups excluding carboxylic acids is 1. The third-order valence-electron chi connectivity index (χ3n) is 5.54. The van der Waals surface area contributed by atoms with E-state index in [0.717, 1.165) is 11.1 Å². The van der Waals surface area contributed by atoms with Crippen LogP contribution < -0.4 is 28.4 Å². The van der Waals surface area contributed by atoms with Crippen LogP contribution in [0.15, 0.2) is 53.5 Å². The van der Waals surface area contributed by atoms with E-state index < -0.39 is 0 Å². The quantitative estimate of drug-likeness (QED) is 0.173. The molecule has 0 radical (unpaired) electrons. The van der Waals surface area contributed by atoms with Crippen LogP contribution in [-0.2, 0) is 0 Å². The van der Waals surface area contributed by atoms with Gasteiger partial charge in [0.1, 0.15) is 11.4 Å². The van der Waals surface area contributed by atoms with Crippen molar-refractivity contribution in [3.63, 3.8) is 0 Å². The standard InChI is InChI=1S/C29H31NO7/c1-32-22-9-7-8-21(18-22)24(31)12-13-30-23-14-19(15-25(33-2)28(23)36-5)10-11-20-16-26(34-3)29(37-6)27(17-20)35-4/h7-11,13-18H,12H2,1-6H3/b11-10-,30-13?. The molecule has 0 fully saturated rings. The zero-order valence-corrected chi connectivity index (χ0v) is 21.9. The van der Waals surface area contributed by atoms with E-state index in [9.17, 15) is 4.79 Å². The number of rotatable bonds is 12. The third-order valence-corrected chi connectivity index (χ3v) is 5.54. The number of ketones is 1. The highest BCUT2D eigenvalue weighted by atomic mass is 16.5. The Morgan fingerprint density at radius 1 is 0.703 bits per heavy atom. The first-order valence-electron chi connectivity index (χ1n) is 11.4. The molecule has 8 heteroatoms. The number of nitrogens with zero attached hydrogens (tertiary/aromatic N) is 1. The lowest BCUT2D eigenvalue weighted by atomic mass is 10.1. The number of aliphatic imine (C=N–C) groups is 1. The molecule has 8 nitrogen and oxygen atoms in total. The number of carbonyl (C=O) groups is 1. The summed E-state index contributed by atoms with van der Waals surface area (Å²) in [6.45, 7) is 0. The van der Waals surface area contributed by atoms with E-state index in [-0.39, 0.29) is 12.2 Å². The molecule has 0 unspecified atom stereocenters. The number of hydrogen-bond acceptors (Lipinski definition) is 8. The largest absolute Gasteiger partial charge is 0.497 e. The summed E-state index contributed by atoms with van der Waals surface area (Å²) in [4.78, 5) is 17.1. The molecule has 3 aromatic rings. The van der Waals surface area contributed by atoms with Crippen molar-refractivity contribution in [3.05, 3.63) is 65.2 Å². The van der Waals surface area contributed by atoms with Crippen molar-refractivity contribution in [2.24, 2.45) is 4.99 Å². The summed E-state index contributed by atoms with van der Waals surface area (Å²) < 4.78 is 32.5. The lowest BCUT2D eigenvalue weighted by Gasteiger charge is -2.13. The molecule has 0 saturated carbocycles. The second-order valence-electron chi connectivity index (χ2n) is 7.74. The van der Waals surface area contributed by atoms with E-state index in [0.29, 0.717) is 45.7 Å². The molecular weight excluding hydrogens is 474 g/mol. The molecule has 0 spiro atoms. The average molecular weight is 506 g/mol. The van der Waals surface area contributed by atoms with Gasteiger partial charge in [0.2, 0.25) is 5.75 Å². The zero-order valence-electron chi connectivity index (χ0n) is 21.9. The van der Waals surface area contributed by atoms with Crippen molar-refractivity contribution in [2.75, 3.05) is 42.7 Å². The van der Waals surface area contributed by atoms with Crippen LogP contribution in [0.1, 0.15) is 27.9 Å². The van der Waals surface area contributed by atoms with Crippen LogP contribution in [-0.4, -0.2) is 54.7 Å². The molecule has 0 heterocycles. The molecule has 0 amide bonds. The molecule has 0 atom stereocenters. The van der Waals surface area contributed by atoms with Gasteiger partial charge in [0.25, 0.3) is 0 Å². The SMILES string of the molecule is COc1cccc(C(=O)CC=Nc2cc(/C=C\c3cc(OC)c(OC)c(OC)c3)cc(OC)c2OC)c1. The Morgan fingerprint density at radius 2 is 1.27 bits per heavy atom. The van der Waals surface area contributed by atoms with Gasteiger partial charge in [-0.15, -0.1) is 0 Å². The molecule has 0 saturated heterocycles. The summed E-state index contributed by atoms with van der Waals surface area (Å²) in [5.41, 5.74) is 2.75. The first kappa shape index (κ1) is 27.1. The highest BCUT2D eigenvalue weighted by Gasteiger charge is 2.14. The molecule has 0 aliphatic carbocycles. The van der Waals surface area contributed by atoms with Gasteiger partial charge in [-0.05, 0) is 47.5 Å². The highest BCUT2D eigenvalue weighted by molar-refractivity contribution is 6.04. The summed E-state index contributed by atoms with van der Waals surface area (Å²) in [5.74, 6) is 3.17. The molecule has 0 aromatic heterocycles. The van der Waals surface area contributed by atoms with E-state index in [1.165, 1.54) is 0 Å². The molecule has 0 aliphatic rings. The lowest BCUT2D eigenvalue weighted by Crippen LogP contribution is -2.00. The summed E-state index contributed by atoms with van der Waals surface area (Å²) >= 11 is 0. The van der Waals surface area contributed by atoms with Gasteiger partial charge >= 0.3 is 0 Å². The lowest BCUT2D eigenvalue weighted by molar-refractivity contribution is 0.100. The minimum Gasteiger partial charge on any atom is -0.497 e. The fourth-order valence-electron chi connectivity index (χ4n) is 3.69. The monoisotopic (exact) mass is 505 g/mol. The fraction of sp³-hybridized carbons (Fsp3) is 0.241. The van der Waals surface area contributed by atoms with Crippen molar-refractivity contribution in [3.8, 4) is 34.5 Å². The number of benzene rings is 3. The van der Waals surface area contributed by atoms with Gasteiger partial charge in [0.05, 0.1) is 42.7 Å². The maximum absolute atomic E-state index is 12.6. The molecule has 0 aliphatic heterocycles. The number of methoxy groups -OCH3 is 6. The van der Waals surface area contributed by atoms with Gasteiger partial charge in [0.15, 0.2) is 28.8 Å². The second-order valence-corrected chi connectivity index (χ2v) is 7.74. The predicted molar refractivity (Wildman–Crippen MR) is 145 cm³/mol. The van der Waals surface area contributed by atoms with E-state index in [4.69, 9.17) is 28.4 Å². The smallest absolute Gasteiger partial charge is 0.203 e. The van der Waals surface area contributed by atoms with Crippen molar-refractivity contribution in [1.29, 1.82) is 0 Å². The Bertz CT molecular complexity index is 1270. The van der Waals surface area contributed by atoms with Crippen LogP contribution in [0.3, 0.4) is 0 Å². The van der Waals surface area contributed by atoms with Gasteiger partial charge in [-0.2, -0.15) is 0 Å². The van der Waals surface area contributed by atoms with Crippen molar-refractivity contribution in [1.82, 2.24) is 0 Å². The Hall–Kier alpha value is -4.46. The molecular formula is C29H31NO7. The predicted octanol–water partition coefficient (Wildman–Crippen LogP) is 5.88. The van der Waals surface area contributed by atoms with Crippen molar-refractivity contribution >= 4 is 29.8 Å². The fourth-order valence-corrected chi connectivity index (χ4v) is 3.69. The number of ether oxygens (including phenoxy) is 6. The highest BCUT2D eigenvalue weighted by Crippen LogP contribution is 2.40. The van der Waals surface area contributed by atoms with E-state index in [1.54, 1.807) is 73.1 Å². The van der Waals surface area contributed by atoms with Gasteiger partial charge in [0, 0.05) is 18.2 Å². The van der Waals surface area contributed by atoms with Crippen LogP contribution in [0.4, 0.5) is 5.69 Å². The van der Waals surface area contributed by atoms with Crippen LogP contribution >= 0.6 is 0 Å². The Balaban J connectivity index is 1.89. The summed E-state index contributed by atoms with van der Waals surface area (Å²) in [6, 6.07) is 14.4. The molecule has 194 valence electrons. The summed E-state index contributed by atoms with van der Waals surface area (Å²) in [6.07, 6.45) is 5.49. The first-order valence-corrected chi connectivity index (χ1v) is 11.4. The maximum atomic E-state index is 12.6. The van der Waals surface area contributed by atoms with Crippen LogP contribution in [0.25, 0.3) is 12.2 Å². The molecule has 3 aromatic carbocycles. The van der Waals surface area contributed by atoms with E-state index >= 15 is 0 Å². The minimum atomic E-state index is -0.0768. The normalized spacial score (nSPS) is 11.0. The molecule has 0 N–H and O–H groups in total. The van der Waals surface area contributed by atoms with E-state index in [2.05, 4.69) is 4.99 Å². The first-order chi connectivity index (χ1) is 18.0. The van der Waals surface area contributed by atoms with Crippen molar-refractivity contribution < 1.29 is 33.2 Å². The van der Waals surface area contributed by atoms with Gasteiger partial charge < -0.3 is 28.4 Å². The number of hydrogen-bond donors (Lipinski definition) is 0. The third kappa shape index (κ3) is 6.61. The zero-order chi connectivity index (χ0) is 26.8.